The molecule has 5 nitrogen and oxygen atoms in total. The van der Waals surface area contributed by atoms with Crippen LogP contribution in [-0.2, 0) is 0 Å². The van der Waals surface area contributed by atoms with E-state index in [-0.39, 0.29) is 0 Å². The van der Waals surface area contributed by atoms with Gasteiger partial charge in [0.1, 0.15) is 0 Å². The molecule has 0 bridgehead atoms. The van der Waals surface area contributed by atoms with Gasteiger partial charge in [0.05, 0.1) is 23.9 Å². The first-order valence-electron chi connectivity index (χ1n) is 6.30. The maximum Gasteiger partial charge on any atom is 0.222 e. The maximum atomic E-state index is 6.05. The van der Waals surface area contributed by atoms with Crippen molar-refractivity contribution < 1.29 is 4.74 Å². The molecular weight excluding hydrogens is 332 g/mol. The second-order valence-corrected chi connectivity index (χ2v) is 5.25. The number of halogens is 1. The first-order valence-corrected chi connectivity index (χ1v) is 7.09. The fourth-order valence-electron chi connectivity index (χ4n) is 2.23. The average molecular weight is 345 g/mol. The van der Waals surface area contributed by atoms with Gasteiger partial charge >= 0.3 is 0 Å². The van der Waals surface area contributed by atoms with Gasteiger partial charge in [0.25, 0.3) is 0 Å². The van der Waals surface area contributed by atoms with Gasteiger partial charge < -0.3 is 10.5 Å². The van der Waals surface area contributed by atoms with E-state index in [1.807, 2.05) is 36.4 Å². The van der Waals surface area contributed by atoms with E-state index in [0.29, 0.717) is 11.7 Å². The van der Waals surface area contributed by atoms with Gasteiger partial charge in [-0.1, -0.05) is 34.1 Å². The summed E-state index contributed by atoms with van der Waals surface area (Å²) in [5.74, 6) is 0.956. The third-order valence-electron chi connectivity index (χ3n) is 3.17. The van der Waals surface area contributed by atoms with E-state index in [9.17, 15) is 0 Å². The lowest BCUT2D eigenvalue weighted by Crippen LogP contribution is -1.93. The second-order valence-electron chi connectivity index (χ2n) is 4.40. The molecule has 0 amide bonds. The number of H-pyrrole nitrogens is 1. The summed E-state index contributed by atoms with van der Waals surface area (Å²) >= 11 is 3.55. The number of ether oxygens (including phenoxy) is 1. The summed E-state index contributed by atoms with van der Waals surface area (Å²) in [6.45, 7) is 0. The molecule has 6 heteroatoms. The number of nitrogens with two attached hydrogens (primary N) is 1. The van der Waals surface area contributed by atoms with Crippen LogP contribution in [0.1, 0.15) is 0 Å². The highest BCUT2D eigenvalue weighted by molar-refractivity contribution is 9.10. The zero-order chi connectivity index (χ0) is 14.8. The first kappa shape index (κ1) is 13.6. The van der Waals surface area contributed by atoms with E-state index in [4.69, 9.17) is 10.5 Å². The molecule has 0 saturated carbocycles. The van der Waals surface area contributed by atoms with Gasteiger partial charge in [-0.25, -0.2) is 4.98 Å². The minimum atomic E-state index is 0.433. The van der Waals surface area contributed by atoms with Gasteiger partial charge in [0, 0.05) is 16.2 Å². The summed E-state index contributed by atoms with van der Waals surface area (Å²) < 4.78 is 6.27. The molecule has 3 aromatic rings. The number of rotatable bonds is 3. The number of benzene rings is 1. The number of aromatic nitrogens is 3. The molecule has 106 valence electrons. The molecule has 0 spiro atoms. The van der Waals surface area contributed by atoms with Crippen molar-refractivity contribution in [3.05, 3.63) is 47.1 Å². The van der Waals surface area contributed by atoms with Gasteiger partial charge in [0.2, 0.25) is 5.88 Å². The van der Waals surface area contributed by atoms with Crippen molar-refractivity contribution in [2.75, 3.05) is 12.8 Å². The highest BCUT2D eigenvalue weighted by Crippen LogP contribution is 2.40. The van der Waals surface area contributed by atoms with E-state index >= 15 is 0 Å². The highest BCUT2D eigenvalue weighted by atomic mass is 79.9. The number of nitrogens with zero attached hydrogens (tertiary/aromatic N) is 2. The van der Waals surface area contributed by atoms with Crippen LogP contribution < -0.4 is 10.5 Å². The predicted molar refractivity (Wildman–Crippen MR) is 85.9 cm³/mol. The third-order valence-corrected chi connectivity index (χ3v) is 3.86. The summed E-state index contributed by atoms with van der Waals surface area (Å²) in [4.78, 5) is 4.22. The van der Waals surface area contributed by atoms with Gasteiger partial charge in [-0.2, -0.15) is 5.10 Å². The minimum Gasteiger partial charge on any atom is -0.481 e. The lowest BCUT2D eigenvalue weighted by Gasteiger charge is -2.09. The van der Waals surface area contributed by atoms with Crippen LogP contribution in [-0.4, -0.2) is 22.3 Å². The topological polar surface area (TPSA) is 76.8 Å². The van der Waals surface area contributed by atoms with E-state index in [1.165, 1.54) is 0 Å². The molecule has 0 aliphatic carbocycles. The van der Waals surface area contributed by atoms with Crippen LogP contribution >= 0.6 is 15.9 Å². The van der Waals surface area contributed by atoms with Gasteiger partial charge in [0.15, 0.2) is 5.82 Å². The Morgan fingerprint density at radius 2 is 1.90 bits per heavy atom. The summed E-state index contributed by atoms with van der Waals surface area (Å²) in [5, 5.41) is 7.11. The van der Waals surface area contributed by atoms with Crippen LogP contribution in [0, 0.1) is 0 Å². The molecule has 2 heterocycles. The van der Waals surface area contributed by atoms with Crippen LogP contribution in [0.5, 0.6) is 5.88 Å². The Bertz CT molecular complexity index is 785. The van der Waals surface area contributed by atoms with Crippen LogP contribution in [0.4, 0.5) is 5.82 Å². The Balaban J connectivity index is 2.25. The average Bonchev–Trinajstić information content (AvgIpc) is 2.89. The monoisotopic (exact) mass is 344 g/mol. The SMILES string of the molecule is COc1ncccc1-c1[nH]nc(N)c1-c1ccccc1Br. The van der Waals surface area contributed by atoms with E-state index in [2.05, 4.69) is 31.1 Å². The van der Waals surface area contributed by atoms with Crippen molar-refractivity contribution in [3.63, 3.8) is 0 Å². The number of nitrogen functional groups attached to an aromatic ring is 1. The van der Waals surface area contributed by atoms with Crippen molar-refractivity contribution in [1.29, 1.82) is 0 Å². The van der Waals surface area contributed by atoms with E-state index < -0.39 is 0 Å². The zero-order valence-corrected chi connectivity index (χ0v) is 12.9. The molecule has 0 aliphatic heterocycles. The van der Waals surface area contributed by atoms with Gasteiger partial charge in [-0.15, -0.1) is 0 Å². The van der Waals surface area contributed by atoms with Crippen LogP contribution in [0.2, 0.25) is 0 Å². The van der Waals surface area contributed by atoms with Crippen LogP contribution in [0.25, 0.3) is 22.4 Å². The summed E-state index contributed by atoms with van der Waals surface area (Å²) in [6, 6.07) is 11.6. The van der Waals surface area contributed by atoms with Crippen LogP contribution in [0.15, 0.2) is 47.1 Å². The Labute approximate surface area is 130 Å². The Hall–Kier alpha value is -2.34. The van der Waals surface area contributed by atoms with E-state index in [1.54, 1.807) is 13.3 Å². The Kier molecular flexibility index (Phi) is 3.62. The second kappa shape index (κ2) is 5.57. The minimum absolute atomic E-state index is 0.433. The normalized spacial score (nSPS) is 10.6. The number of aromatic amines is 1. The number of nitrogens with one attached hydrogen (secondary N) is 1. The molecule has 0 radical (unpaired) electrons. The quantitative estimate of drug-likeness (QED) is 0.762. The Morgan fingerprint density at radius 1 is 1.14 bits per heavy atom. The summed E-state index contributed by atoms with van der Waals surface area (Å²) in [7, 11) is 1.59. The molecule has 3 rings (SSSR count). The molecule has 0 unspecified atom stereocenters. The number of hydrogen-bond acceptors (Lipinski definition) is 4. The predicted octanol–water partition coefficient (Wildman–Crippen LogP) is 3.49. The fraction of sp³-hybridized carbons (Fsp3) is 0.0667. The molecule has 0 fully saturated rings. The lowest BCUT2D eigenvalue weighted by molar-refractivity contribution is 0.399. The Morgan fingerprint density at radius 3 is 2.67 bits per heavy atom. The van der Waals surface area contributed by atoms with Crippen molar-refractivity contribution in [2.24, 2.45) is 0 Å². The largest absolute Gasteiger partial charge is 0.481 e. The molecule has 0 atom stereocenters. The number of pyridine rings is 1. The molecular formula is C15H13BrN4O. The fourth-order valence-corrected chi connectivity index (χ4v) is 2.71. The zero-order valence-electron chi connectivity index (χ0n) is 11.3. The lowest BCUT2D eigenvalue weighted by atomic mass is 10.0. The molecule has 0 aliphatic rings. The molecule has 1 aromatic carbocycles. The maximum absolute atomic E-state index is 6.05. The first-order chi connectivity index (χ1) is 10.2. The summed E-state index contributed by atoms with van der Waals surface area (Å²) in [5.41, 5.74) is 9.43. The number of anilines is 1. The van der Waals surface area contributed by atoms with Gasteiger partial charge in [-0.05, 0) is 18.2 Å². The number of hydrogen-bond donors (Lipinski definition) is 2. The van der Waals surface area contributed by atoms with E-state index in [0.717, 1.165) is 26.9 Å². The molecule has 3 N–H and O–H groups in total. The highest BCUT2D eigenvalue weighted by Gasteiger charge is 2.19. The van der Waals surface area contributed by atoms with Gasteiger partial charge in [-0.3, -0.25) is 5.10 Å². The van der Waals surface area contributed by atoms with Crippen molar-refractivity contribution in [1.82, 2.24) is 15.2 Å². The molecule has 0 saturated heterocycles. The van der Waals surface area contributed by atoms with Crippen LogP contribution in [0.3, 0.4) is 0 Å². The van der Waals surface area contributed by atoms with Crippen molar-refractivity contribution >= 4 is 21.7 Å². The molecule has 2 aromatic heterocycles. The third kappa shape index (κ3) is 2.38. The molecule has 21 heavy (non-hydrogen) atoms. The summed E-state index contributed by atoms with van der Waals surface area (Å²) in [6.07, 6.45) is 1.68. The van der Waals surface area contributed by atoms with Crippen molar-refractivity contribution in [2.45, 2.75) is 0 Å². The van der Waals surface area contributed by atoms with Crippen molar-refractivity contribution in [3.8, 4) is 28.3 Å². The smallest absolute Gasteiger partial charge is 0.222 e. The standard InChI is InChI=1S/C15H13BrN4O/c1-21-15-10(6-4-8-18-15)13-12(14(17)20-19-13)9-5-2-3-7-11(9)16/h2-8H,1H3,(H3,17,19,20). The number of methoxy groups -OCH3 is 1.